The van der Waals surface area contributed by atoms with Crippen molar-refractivity contribution in [3.05, 3.63) is 54.2 Å². The molecule has 3 heterocycles. The molecule has 128 valence electrons. The van der Waals surface area contributed by atoms with Crippen molar-refractivity contribution in [1.29, 1.82) is 0 Å². The van der Waals surface area contributed by atoms with Gasteiger partial charge in [-0.25, -0.2) is 4.98 Å². The third-order valence-electron chi connectivity index (χ3n) is 4.51. The van der Waals surface area contributed by atoms with Crippen molar-refractivity contribution in [2.24, 2.45) is 7.05 Å². The van der Waals surface area contributed by atoms with E-state index in [1.165, 1.54) is 6.39 Å². The Hall–Kier alpha value is -3.09. The monoisotopic (exact) mass is 338 g/mol. The molecule has 1 saturated heterocycles. The van der Waals surface area contributed by atoms with Crippen LogP contribution in [0.5, 0.6) is 0 Å². The second-order valence-corrected chi connectivity index (χ2v) is 6.18. The van der Waals surface area contributed by atoms with Gasteiger partial charge in [0.15, 0.2) is 12.0 Å². The molecule has 3 aromatic rings. The third kappa shape index (κ3) is 2.88. The second kappa shape index (κ2) is 6.08. The minimum Gasteiger partial charge on any atom is -0.443 e. The first-order chi connectivity index (χ1) is 12.1. The van der Waals surface area contributed by atoms with Gasteiger partial charge in [-0.1, -0.05) is 0 Å². The van der Waals surface area contributed by atoms with Gasteiger partial charge in [-0.3, -0.25) is 9.59 Å². The number of amides is 2. The lowest BCUT2D eigenvalue weighted by molar-refractivity contribution is 0.0535. The molecule has 7 heteroatoms. The highest BCUT2D eigenvalue weighted by Gasteiger charge is 2.26. The molecule has 0 N–H and O–H groups in total. The quantitative estimate of drug-likeness (QED) is 0.714. The molecule has 4 rings (SSSR count). The van der Waals surface area contributed by atoms with E-state index in [-0.39, 0.29) is 11.8 Å². The zero-order chi connectivity index (χ0) is 17.4. The van der Waals surface area contributed by atoms with Crippen molar-refractivity contribution in [1.82, 2.24) is 19.4 Å². The van der Waals surface area contributed by atoms with E-state index in [2.05, 4.69) is 4.98 Å². The first-order valence-corrected chi connectivity index (χ1v) is 8.15. The van der Waals surface area contributed by atoms with Crippen molar-refractivity contribution < 1.29 is 14.0 Å². The van der Waals surface area contributed by atoms with E-state index in [1.54, 1.807) is 28.0 Å². The maximum Gasteiger partial charge on any atom is 0.255 e. The smallest absolute Gasteiger partial charge is 0.255 e. The maximum atomic E-state index is 12.7. The Kier molecular flexibility index (Phi) is 3.76. The molecular formula is C18H18N4O3. The number of aromatic nitrogens is 2. The molecule has 0 aliphatic carbocycles. The fraction of sp³-hybridized carbons (Fsp3) is 0.278. The van der Waals surface area contributed by atoms with Gasteiger partial charge in [0.1, 0.15) is 5.52 Å². The molecule has 0 spiro atoms. The number of benzene rings is 1. The van der Waals surface area contributed by atoms with Crippen LogP contribution in [0, 0.1) is 0 Å². The van der Waals surface area contributed by atoms with Gasteiger partial charge in [0.05, 0.1) is 5.56 Å². The highest BCUT2D eigenvalue weighted by atomic mass is 16.3. The summed E-state index contributed by atoms with van der Waals surface area (Å²) in [4.78, 5) is 32.8. The Morgan fingerprint density at radius 3 is 2.32 bits per heavy atom. The first kappa shape index (κ1) is 15.4. The Morgan fingerprint density at radius 1 is 1.00 bits per heavy atom. The summed E-state index contributed by atoms with van der Waals surface area (Å²) in [5, 5.41) is 0. The van der Waals surface area contributed by atoms with E-state index in [0.717, 1.165) is 5.52 Å². The lowest BCUT2D eigenvalue weighted by Crippen LogP contribution is -2.50. The zero-order valence-electron chi connectivity index (χ0n) is 13.9. The number of carbonyl (C=O) groups excluding carboxylic acids is 2. The Balaban J connectivity index is 1.42. The first-order valence-electron chi connectivity index (χ1n) is 8.15. The third-order valence-corrected chi connectivity index (χ3v) is 4.51. The number of carbonyl (C=O) groups is 2. The van der Waals surface area contributed by atoms with Crippen LogP contribution >= 0.6 is 0 Å². The molecular weight excluding hydrogens is 320 g/mol. The molecule has 0 bridgehead atoms. The van der Waals surface area contributed by atoms with Crippen molar-refractivity contribution in [2.45, 2.75) is 0 Å². The van der Waals surface area contributed by atoms with Crippen LogP contribution in [-0.4, -0.2) is 57.3 Å². The number of hydrogen-bond donors (Lipinski definition) is 0. The Labute approximate surface area is 144 Å². The molecule has 1 aliphatic heterocycles. The molecule has 1 aromatic carbocycles. The van der Waals surface area contributed by atoms with Gasteiger partial charge in [0, 0.05) is 51.2 Å². The number of hydrogen-bond acceptors (Lipinski definition) is 4. The maximum absolute atomic E-state index is 12.7. The van der Waals surface area contributed by atoms with E-state index in [0.29, 0.717) is 42.9 Å². The van der Waals surface area contributed by atoms with Gasteiger partial charge in [-0.05, 0) is 24.3 Å². The van der Waals surface area contributed by atoms with E-state index in [4.69, 9.17) is 4.42 Å². The predicted octanol–water partition coefficient (Wildman–Crippen LogP) is 1.76. The number of fused-ring (bicyclic) bond motifs is 1. The number of oxazole rings is 1. The van der Waals surface area contributed by atoms with Gasteiger partial charge in [0.25, 0.3) is 11.8 Å². The highest BCUT2D eigenvalue weighted by molar-refractivity contribution is 5.97. The molecule has 2 amide bonds. The lowest BCUT2D eigenvalue weighted by atomic mass is 10.1. The summed E-state index contributed by atoms with van der Waals surface area (Å²) in [6.45, 7) is 2.10. The standard InChI is InChI=1S/C18H18N4O3/c1-20-5-4-14(11-20)18(24)22-8-6-21(7-9-22)17(23)13-2-3-15-16(10-13)25-12-19-15/h2-5,10-12H,6-9H2,1H3. The largest absolute Gasteiger partial charge is 0.443 e. The number of aryl methyl sites for hydroxylation is 1. The summed E-state index contributed by atoms with van der Waals surface area (Å²) in [7, 11) is 1.89. The molecule has 1 fully saturated rings. The van der Waals surface area contributed by atoms with Crippen LogP contribution in [-0.2, 0) is 7.05 Å². The second-order valence-electron chi connectivity index (χ2n) is 6.18. The number of rotatable bonds is 2. The molecule has 1 aliphatic rings. The van der Waals surface area contributed by atoms with Crippen molar-refractivity contribution in [3.8, 4) is 0 Å². The summed E-state index contributed by atoms with van der Waals surface area (Å²) in [5.41, 5.74) is 2.59. The van der Waals surface area contributed by atoms with Gasteiger partial charge in [0.2, 0.25) is 0 Å². The normalized spacial score (nSPS) is 14.9. The predicted molar refractivity (Wildman–Crippen MR) is 91.2 cm³/mol. The molecule has 0 unspecified atom stereocenters. The molecule has 0 saturated carbocycles. The van der Waals surface area contributed by atoms with Crippen LogP contribution in [0.1, 0.15) is 20.7 Å². The average Bonchev–Trinajstić information content (AvgIpc) is 3.28. The van der Waals surface area contributed by atoms with E-state index >= 15 is 0 Å². The molecule has 25 heavy (non-hydrogen) atoms. The van der Waals surface area contributed by atoms with Gasteiger partial charge < -0.3 is 18.8 Å². The summed E-state index contributed by atoms with van der Waals surface area (Å²) >= 11 is 0. The van der Waals surface area contributed by atoms with E-state index < -0.39 is 0 Å². The Bertz CT molecular complexity index is 935. The minimum absolute atomic E-state index is 0.00998. The van der Waals surface area contributed by atoms with Crippen LogP contribution in [0.2, 0.25) is 0 Å². The fourth-order valence-electron chi connectivity index (χ4n) is 3.10. The fourth-order valence-corrected chi connectivity index (χ4v) is 3.10. The van der Waals surface area contributed by atoms with Crippen LogP contribution in [0.25, 0.3) is 11.1 Å². The van der Waals surface area contributed by atoms with E-state index in [9.17, 15) is 9.59 Å². The van der Waals surface area contributed by atoms with Gasteiger partial charge >= 0.3 is 0 Å². The highest BCUT2D eigenvalue weighted by Crippen LogP contribution is 2.17. The molecule has 0 atom stereocenters. The lowest BCUT2D eigenvalue weighted by Gasteiger charge is -2.34. The van der Waals surface area contributed by atoms with E-state index in [1.807, 2.05) is 30.1 Å². The Morgan fingerprint density at radius 2 is 1.68 bits per heavy atom. The average molecular weight is 338 g/mol. The summed E-state index contributed by atoms with van der Waals surface area (Å²) in [6.07, 6.45) is 5.03. The zero-order valence-corrected chi connectivity index (χ0v) is 13.9. The minimum atomic E-state index is -0.0508. The molecule has 7 nitrogen and oxygen atoms in total. The van der Waals surface area contributed by atoms with Crippen LogP contribution in [0.4, 0.5) is 0 Å². The van der Waals surface area contributed by atoms with Crippen molar-refractivity contribution in [2.75, 3.05) is 26.2 Å². The SMILES string of the molecule is Cn1ccc(C(=O)N2CCN(C(=O)c3ccc4ncoc4c3)CC2)c1. The van der Waals surface area contributed by atoms with Crippen molar-refractivity contribution >= 4 is 22.9 Å². The van der Waals surface area contributed by atoms with Crippen molar-refractivity contribution in [3.63, 3.8) is 0 Å². The number of piperazine rings is 1. The molecule has 2 aromatic heterocycles. The molecule has 0 radical (unpaired) electrons. The van der Waals surface area contributed by atoms with Gasteiger partial charge in [-0.15, -0.1) is 0 Å². The topological polar surface area (TPSA) is 71.6 Å². The summed E-state index contributed by atoms with van der Waals surface area (Å²) in [6, 6.07) is 7.06. The van der Waals surface area contributed by atoms with Gasteiger partial charge in [-0.2, -0.15) is 0 Å². The van der Waals surface area contributed by atoms with Crippen LogP contribution in [0.3, 0.4) is 0 Å². The number of nitrogens with zero attached hydrogens (tertiary/aromatic N) is 4. The summed E-state index contributed by atoms with van der Waals surface area (Å²) < 4.78 is 7.11. The van der Waals surface area contributed by atoms with Crippen LogP contribution in [0.15, 0.2) is 47.5 Å². The van der Waals surface area contributed by atoms with Crippen LogP contribution < -0.4 is 0 Å². The summed E-state index contributed by atoms with van der Waals surface area (Å²) in [5.74, 6) is -0.0408.